The molecule has 0 radical (unpaired) electrons. The van der Waals surface area contributed by atoms with E-state index < -0.39 is 30.0 Å². The molecule has 0 aliphatic heterocycles. The van der Waals surface area contributed by atoms with E-state index in [1.54, 1.807) is 19.2 Å². The number of fused-ring (bicyclic) bond motifs is 3. The molecule has 0 spiro atoms. The third-order valence-corrected chi connectivity index (χ3v) is 8.14. The first-order valence-corrected chi connectivity index (χ1v) is 14.8. The third kappa shape index (κ3) is 7.26. The number of anilines is 1. The lowest BCUT2D eigenvalue weighted by atomic mass is 9.95. The highest BCUT2D eigenvalue weighted by molar-refractivity contribution is 5.90. The molecule has 240 valence electrons. The molecule has 2 aromatic rings. The van der Waals surface area contributed by atoms with Crippen LogP contribution in [0.1, 0.15) is 64.6 Å². The molecule has 0 fully saturated rings. The SMILES string of the molecule is CC[C@@H](C)[C@@H](Nc1ccc2c(cc1=O)[C@H](NC(C)=O)CCc1cc(OC)c(OC)c(OC)c1-2)C(=O)N[C@@H](C(=O)OC)C(C)C. The van der Waals surface area contributed by atoms with Crippen LogP contribution in [0.3, 0.4) is 0 Å². The number of carbonyl (C=O) groups excluding carboxylic acids is 3. The maximum atomic E-state index is 13.8. The molecule has 2 amide bonds. The molecule has 0 heterocycles. The summed E-state index contributed by atoms with van der Waals surface area (Å²) in [6.07, 6.45) is 1.73. The molecule has 0 saturated heterocycles. The molecule has 2 aromatic carbocycles. The monoisotopic (exact) mass is 611 g/mol. The van der Waals surface area contributed by atoms with Gasteiger partial charge in [0, 0.05) is 12.5 Å². The van der Waals surface area contributed by atoms with Crippen molar-refractivity contribution in [2.45, 2.75) is 72.0 Å². The second-order valence-electron chi connectivity index (χ2n) is 11.4. The van der Waals surface area contributed by atoms with E-state index in [0.29, 0.717) is 47.6 Å². The summed E-state index contributed by atoms with van der Waals surface area (Å²) in [7, 11) is 5.89. The molecule has 1 aliphatic carbocycles. The summed E-state index contributed by atoms with van der Waals surface area (Å²) in [6.45, 7) is 8.91. The average Bonchev–Trinajstić information content (AvgIpc) is 3.24. The molecular formula is C33H45N3O8. The molecule has 1 aliphatic rings. The lowest BCUT2D eigenvalue weighted by Gasteiger charge is -2.27. The molecule has 44 heavy (non-hydrogen) atoms. The zero-order valence-corrected chi connectivity index (χ0v) is 27.1. The molecule has 3 rings (SSSR count). The summed E-state index contributed by atoms with van der Waals surface area (Å²) in [5.41, 5.74) is 2.75. The van der Waals surface area contributed by atoms with Crippen LogP contribution in [0.4, 0.5) is 5.69 Å². The predicted octanol–water partition coefficient (Wildman–Crippen LogP) is 4.00. The smallest absolute Gasteiger partial charge is 0.328 e. The quantitative estimate of drug-likeness (QED) is 0.304. The van der Waals surface area contributed by atoms with Gasteiger partial charge < -0.3 is 34.9 Å². The van der Waals surface area contributed by atoms with Crippen LogP contribution in [0, 0.1) is 11.8 Å². The zero-order chi connectivity index (χ0) is 32.7. The number of rotatable bonds is 12. The number of benzene rings is 1. The van der Waals surface area contributed by atoms with E-state index in [9.17, 15) is 19.2 Å². The summed E-state index contributed by atoms with van der Waals surface area (Å²) in [5, 5.41) is 8.97. The minimum absolute atomic E-state index is 0.187. The van der Waals surface area contributed by atoms with Gasteiger partial charge in [-0.25, -0.2) is 4.79 Å². The lowest BCUT2D eigenvalue weighted by molar-refractivity contribution is -0.146. The van der Waals surface area contributed by atoms with Crippen LogP contribution in [-0.4, -0.2) is 58.3 Å². The van der Waals surface area contributed by atoms with Crippen LogP contribution in [0.5, 0.6) is 17.2 Å². The van der Waals surface area contributed by atoms with Crippen molar-refractivity contribution in [3.8, 4) is 28.4 Å². The number of ether oxygens (including phenoxy) is 4. The molecule has 0 unspecified atom stereocenters. The highest BCUT2D eigenvalue weighted by atomic mass is 16.5. The van der Waals surface area contributed by atoms with E-state index in [4.69, 9.17) is 18.9 Å². The maximum Gasteiger partial charge on any atom is 0.328 e. The first-order valence-electron chi connectivity index (χ1n) is 14.8. The van der Waals surface area contributed by atoms with Crippen LogP contribution in [0.2, 0.25) is 0 Å². The van der Waals surface area contributed by atoms with Gasteiger partial charge in [-0.05, 0) is 59.6 Å². The molecule has 11 nitrogen and oxygen atoms in total. The Bertz CT molecular complexity index is 1440. The van der Waals surface area contributed by atoms with Crippen molar-refractivity contribution < 1.29 is 33.3 Å². The van der Waals surface area contributed by atoms with Gasteiger partial charge >= 0.3 is 5.97 Å². The van der Waals surface area contributed by atoms with Crippen molar-refractivity contribution in [2.75, 3.05) is 33.8 Å². The van der Waals surface area contributed by atoms with Crippen molar-refractivity contribution in [1.82, 2.24) is 10.6 Å². The summed E-state index contributed by atoms with van der Waals surface area (Å²) < 4.78 is 22.0. The number of nitrogens with one attached hydrogen (secondary N) is 3. The Labute approximate surface area is 259 Å². The van der Waals surface area contributed by atoms with Crippen LogP contribution in [-0.2, 0) is 25.5 Å². The largest absolute Gasteiger partial charge is 0.493 e. The fourth-order valence-electron chi connectivity index (χ4n) is 5.56. The van der Waals surface area contributed by atoms with E-state index in [2.05, 4.69) is 16.0 Å². The van der Waals surface area contributed by atoms with Gasteiger partial charge in [0.25, 0.3) is 0 Å². The van der Waals surface area contributed by atoms with E-state index in [1.165, 1.54) is 34.3 Å². The van der Waals surface area contributed by atoms with Crippen molar-refractivity contribution in [2.24, 2.45) is 11.8 Å². The number of esters is 1. The Morgan fingerprint density at radius 2 is 1.64 bits per heavy atom. The zero-order valence-electron chi connectivity index (χ0n) is 27.1. The number of methoxy groups -OCH3 is 4. The molecule has 0 aromatic heterocycles. The Morgan fingerprint density at radius 1 is 0.955 bits per heavy atom. The van der Waals surface area contributed by atoms with Crippen molar-refractivity contribution >= 4 is 23.5 Å². The van der Waals surface area contributed by atoms with Crippen LogP contribution in [0.25, 0.3) is 11.1 Å². The summed E-state index contributed by atoms with van der Waals surface area (Å²) in [4.78, 5) is 52.0. The Balaban J connectivity index is 2.21. The molecular weight excluding hydrogens is 566 g/mol. The van der Waals surface area contributed by atoms with E-state index >= 15 is 0 Å². The summed E-state index contributed by atoms with van der Waals surface area (Å²) in [5.74, 6) is -0.236. The molecule has 11 heteroatoms. The second-order valence-corrected chi connectivity index (χ2v) is 11.4. The highest BCUT2D eigenvalue weighted by Crippen LogP contribution is 2.50. The molecule has 4 atom stereocenters. The van der Waals surface area contributed by atoms with Gasteiger partial charge in [0.15, 0.2) is 11.5 Å². The topological polar surface area (TPSA) is 141 Å². The number of amides is 2. The van der Waals surface area contributed by atoms with Gasteiger partial charge in [-0.2, -0.15) is 0 Å². The summed E-state index contributed by atoms with van der Waals surface area (Å²) >= 11 is 0. The van der Waals surface area contributed by atoms with Gasteiger partial charge in [-0.15, -0.1) is 0 Å². The molecule has 0 bridgehead atoms. The first kappa shape index (κ1) is 34.2. The molecule has 3 N–H and O–H groups in total. The maximum absolute atomic E-state index is 13.8. The van der Waals surface area contributed by atoms with Gasteiger partial charge in [-0.1, -0.05) is 40.2 Å². The average molecular weight is 612 g/mol. The Kier molecular flexibility index (Phi) is 11.6. The minimum atomic E-state index is -0.843. The second kappa shape index (κ2) is 14.9. The van der Waals surface area contributed by atoms with Crippen LogP contribution < -0.4 is 35.6 Å². The van der Waals surface area contributed by atoms with Crippen LogP contribution in [0.15, 0.2) is 29.1 Å². The van der Waals surface area contributed by atoms with Crippen molar-refractivity contribution in [1.29, 1.82) is 0 Å². The van der Waals surface area contributed by atoms with Gasteiger partial charge in [0.05, 0.1) is 40.2 Å². The minimum Gasteiger partial charge on any atom is -0.493 e. The third-order valence-electron chi connectivity index (χ3n) is 8.14. The van der Waals surface area contributed by atoms with Crippen LogP contribution >= 0.6 is 0 Å². The number of aryl methyl sites for hydroxylation is 1. The van der Waals surface area contributed by atoms with Gasteiger partial charge in [0.2, 0.25) is 23.0 Å². The van der Waals surface area contributed by atoms with E-state index in [-0.39, 0.29) is 28.9 Å². The number of hydrogen-bond acceptors (Lipinski definition) is 9. The Hall–Kier alpha value is -4.28. The number of carbonyl (C=O) groups is 3. The standard InChI is InChI=1S/C33H45N3O8/c1-10-18(4)29(32(39)36-28(17(2)3)33(40)44-9)35-24-14-12-21-22(16-25(24)38)23(34-19(5)37)13-11-20-15-26(41-6)30(42-7)31(43-8)27(20)21/h12,14-18,23,28-29H,10-11,13H2,1-9H3,(H,34,37)(H,35,38)(H,36,39)/t18-,23-,28-,29-/m1/s1. The van der Waals surface area contributed by atoms with Crippen molar-refractivity contribution in [3.63, 3.8) is 0 Å². The fraction of sp³-hybridized carbons (Fsp3) is 0.515. The summed E-state index contributed by atoms with van der Waals surface area (Å²) in [6, 6.07) is 4.69. The van der Waals surface area contributed by atoms with E-state index in [0.717, 1.165) is 11.1 Å². The Morgan fingerprint density at radius 3 is 2.18 bits per heavy atom. The normalized spacial score (nSPS) is 15.8. The van der Waals surface area contributed by atoms with E-state index in [1.807, 2.05) is 33.8 Å². The van der Waals surface area contributed by atoms with Crippen molar-refractivity contribution in [3.05, 3.63) is 45.6 Å². The fourth-order valence-corrected chi connectivity index (χ4v) is 5.56. The first-order chi connectivity index (χ1) is 20.9. The van der Waals surface area contributed by atoms with Gasteiger partial charge in [0.1, 0.15) is 12.1 Å². The van der Waals surface area contributed by atoms with Gasteiger partial charge in [-0.3, -0.25) is 14.4 Å². The lowest BCUT2D eigenvalue weighted by Crippen LogP contribution is -2.52. The predicted molar refractivity (Wildman–Crippen MR) is 168 cm³/mol. The molecule has 0 saturated carbocycles. The number of hydrogen-bond donors (Lipinski definition) is 3. The highest BCUT2D eigenvalue weighted by Gasteiger charge is 2.32.